The van der Waals surface area contributed by atoms with E-state index >= 15 is 0 Å². The van der Waals surface area contributed by atoms with Gasteiger partial charge < -0.3 is 5.32 Å². The lowest BCUT2D eigenvalue weighted by atomic mass is 10.0. The van der Waals surface area contributed by atoms with E-state index in [1.165, 1.54) is 32.4 Å². The van der Waals surface area contributed by atoms with Gasteiger partial charge in [-0.1, -0.05) is 27.7 Å². The first-order valence-corrected chi connectivity index (χ1v) is 7.48. The Morgan fingerprint density at radius 2 is 1.88 bits per heavy atom. The van der Waals surface area contributed by atoms with Crippen LogP contribution in [0.4, 0.5) is 0 Å². The van der Waals surface area contributed by atoms with Gasteiger partial charge in [0.2, 0.25) is 0 Å². The Kier molecular flexibility index (Phi) is 6.50. The van der Waals surface area contributed by atoms with E-state index in [9.17, 15) is 0 Å². The van der Waals surface area contributed by atoms with Gasteiger partial charge in [0.25, 0.3) is 0 Å². The van der Waals surface area contributed by atoms with E-state index in [1.54, 1.807) is 0 Å². The zero-order valence-electron chi connectivity index (χ0n) is 12.5. The van der Waals surface area contributed by atoms with Crippen molar-refractivity contribution in [3.05, 3.63) is 0 Å². The third-order valence-electron chi connectivity index (χ3n) is 4.02. The summed E-state index contributed by atoms with van der Waals surface area (Å²) in [5, 5.41) is 3.61. The van der Waals surface area contributed by atoms with Gasteiger partial charge in [-0.3, -0.25) is 4.90 Å². The van der Waals surface area contributed by atoms with Crippen LogP contribution in [0.1, 0.15) is 53.9 Å². The van der Waals surface area contributed by atoms with Crippen LogP contribution in [-0.4, -0.2) is 36.6 Å². The molecule has 102 valence electrons. The lowest BCUT2D eigenvalue weighted by Crippen LogP contribution is -2.45. The van der Waals surface area contributed by atoms with Crippen LogP contribution in [0.5, 0.6) is 0 Å². The van der Waals surface area contributed by atoms with Crippen molar-refractivity contribution in [3.8, 4) is 0 Å². The average Bonchev–Trinajstić information content (AvgIpc) is 2.72. The molecule has 0 aromatic rings. The number of rotatable bonds is 7. The Hall–Kier alpha value is -0.0800. The van der Waals surface area contributed by atoms with Crippen LogP contribution in [0.25, 0.3) is 0 Å². The van der Waals surface area contributed by atoms with E-state index in [2.05, 4.69) is 44.8 Å². The van der Waals surface area contributed by atoms with Crippen LogP contribution >= 0.6 is 0 Å². The SMILES string of the molecule is CC(C)CCNCC(C)N1CCCC1C(C)C. The van der Waals surface area contributed by atoms with Crippen molar-refractivity contribution in [1.82, 2.24) is 10.2 Å². The molecule has 2 nitrogen and oxygen atoms in total. The molecule has 0 amide bonds. The fourth-order valence-corrected chi connectivity index (χ4v) is 2.90. The van der Waals surface area contributed by atoms with E-state index in [-0.39, 0.29) is 0 Å². The molecule has 1 aliphatic rings. The van der Waals surface area contributed by atoms with Crippen LogP contribution in [0.2, 0.25) is 0 Å². The van der Waals surface area contributed by atoms with E-state index in [4.69, 9.17) is 0 Å². The molecule has 1 N–H and O–H groups in total. The van der Waals surface area contributed by atoms with E-state index in [0.717, 1.165) is 24.4 Å². The van der Waals surface area contributed by atoms with Crippen LogP contribution in [0.15, 0.2) is 0 Å². The summed E-state index contributed by atoms with van der Waals surface area (Å²) in [5.74, 6) is 1.61. The fraction of sp³-hybridized carbons (Fsp3) is 1.00. The predicted octanol–water partition coefficient (Wildman–Crippen LogP) is 3.13. The molecule has 0 radical (unpaired) electrons. The zero-order valence-corrected chi connectivity index (χ0v) is 12.5. The Morgan fingerprint density at radius 3 is 2.47 bits per heavy atom. The highest BCUT2D eigenvalue weighted by molar-refractivity contribution is 4.85. The van der Waals surface area contributed by atoms with Gasteiger partial charge in [0.1, 0.15) is 0 Å². The molecule has 0 aromatic heterocycles. The minimum absolute atomic E-state index is 0.692. The summed E-state index contributed by atoms with van der Waals surface area (Å²) in [6, 6.07) is 1.51. The lowest BCUT2D eigenvalue weighted by molar-refractivity contribution is 0.153. The summed E-state index contributed by atoms with van der Waals surface area (Å²) >= 11 is 0. The van der Waals surface area contributed by atoms with Gasteiger partial charge in [-0.25, -0.2) is 0 Å². The highest BCUT2D eigenvalue weighted by Crippen LogP contribution is 2.25. The van der Waals surface area contributed by atoms with E-state index < -0.39 is 0 Å². The minimum atomic E-state index is 0.692. The smallest absolute Gasteiger partial charge is 0.0195 e. The summed E-state index contributed by atoms with van der Waals surface area (Å²) in [4.78, 5) is 2.72. The first-order chi connectivity index (χ1) is 8.02. The Labute approximate surface area is 108 Å². The molecule has 1 heterocycles. The second kappa shape index (κ2) is 7.38. The van der Waals surface area contributed by atoms with Crippen LogP contribution < -0.4 is 5.32 Å². The monoisotopic (exact) mass is 240 g/mol. The number of nitrogens with zero attached hydrogens (tertiary/aromatic N) is 1. The van der Waals surface area contributed by atoms with Crippen molar-refractivity contribution < 1.29 is 0 Å². The van der Waals surface area contributed by atoms with Crippen molar-refractivity contribution in [2.45, 2.75) is 66.0 Å². The number of hydrogen-bond acceptors (Lipinski definition) is 2. The maximum atomic E-state index is 3.61. The molecular weight excluding hydrogens is 208 g/mol. The molecule has 0 bridgehead atoms. The number of hydrogen-bond donors (Lipinski definition) is 1. The molecule has 2 unspecified atom stereocenters. The van der Waals surface area contributed by atoms with Gasteiger partial charge in [-0.15, -0.1) is 0 Å². The summed E-state index contributed by atoms with van der Waals surface area (Å²) < 4.78 is 0. The Bertz CT molecular complexity index is 201. The van der Waals surface area contributed by atoms with Crippen molar-refractivity contribution in [2.24, 2.45) is 11.8 Å². The third kappa shape index (κ3) is 4.97. The molecule has 0 spiro atoms. The molecule has 0 aliphatic carbocycles. The molecule has 1 fully saturated rings. The predicted molar refractivity (Wildman–Crippen MR) is 76.4 cm³/mol. The molecule has 1 rings (SSSR count). The Morgan fingerprint density at radius 1 is 1.18 bits per heavy atom. The number of likely N-dealkylation sites (tertiary alicyclic amines) is 1. The molecule has 2 heteroatoms. The third-order valence-corrected chi connectivity index (χ3v) is 4.02. The second-order valence-electron chi connectivity index (χ2n) is 6.43. The van der Waals surface area contributed by atoms with Gasteiger partial charge in [0, 0.05) is 18.6 Å². The second-order valence-corrected chi connectivity index (χ2v) is 6.43. The molecule has 1 aliphatic heterocycles. The van der Waals surface area contributed by atoms with Gasteiger partial charge in [0.15, 0.2) is 0 Å². The van der Waals surface area contributed by atoms with Gasteiger partial charge in [0.05, 0.1) is 0 Å². The normalized spacial score (nSPS) is 23.8. The first kappa shape index (κ1) is 15.0. The summed E-state index contributed by atoms with van der Waals surface area (Å²) in [6.45, 7) is 15.3. The van der Waals surface area contributed by atoms with Crippen molar-refractivity contribution in [1.29, 1.82) is 0 Å². The minimum Gasteiger partial charge on any atom is -0.315 e. The quantitative estimate of drug-likeness (QED) is 0.688. The Balaban J connectivity index is 2.24. The summed E-state index contributed by atoms with van der Waals surface area (Å²) in [6.07, 6.45) is 4.08. The summed E-state index contributed by atoms with van der Waals surface area (Å²) in [7, 11) is 0. The topological polar surface area (TPSA) is 15.3 Å². The maximum absolute atomic E-state index is 3.61. The molecule has 1 saturated heterocycles. The maximum Gasteiger partial charge on any atom is 0.0195 e. The summed E-state index contributed by atoms with van der Waals surface area (Å²) in [5.41, 5.74) is 0. The highest BCUT2D eigenvalue weighted by Gasteiger charge is 2.29. The van der Waals surface area contributed by atoms with Crippen LogP contribution in [0.3, 0.4) is 0 Å². The fourth-order valence-electron chi connectivity index (χ4n) is 2.90. The van der Waals surface area contributed by atoms with Crippen LogP contribution in [0, 0.1) is 11.8 Å². The molecular formula is C15H32N2. The molecule has 17 heavy (non-hydrogen) atoms. The van der Waals surface area contributed by atoms with Crippen molar-refractivity contribution >= 4 is 0 Å². The molecule has 0 saturated carbocycles. The van der Waals surface area contributed by atoms with Crippen molar-refractivity contribution in [2.75, 3.05) is 19.6 Å². The molecule has 2 atom stereocenters. The first-order valence-electron chi connectivity index (χ1n) is 7.48. The lowest BCUT2D eigenvalue weighted by Gasteiger charge is -2.33. The van der Waals surface area contributed by atoms with Gasteiger partial charge in [-0.05, 0) is 51.1 Å². The van der Waals surface area contributed by atoms with E-state index in [0.29, 0.717) is 6.04 Å². The largest absolute Gasteiger partial charge is 0.315 e. The number of nitrogens with one attached hydrogen (secondary N) is 1. The highest BCUT2D eigenvalue weighted by atomic mass is 15.2. The zero-order chi connectivity index (χ0) is 12.8. The van der Waals surface area contributed by atoms with E-state index in [1.807, 2.05) is 0 Å². The van der Waals surface area contributed by atoms with Crippen molar-refractivity contribution in [3.63, 3.8) is 0 Å². The molecule has 0 aromatic carbocycles. The van der Waals surface area contributed by atoms with Gasteiger partial charge >= 0.3 is 0 Å². The van der Waals surface area contributed by atoms with Crippen LogP contribution in [-0.2, 0) is 0 Å². The standard InChI is InChI=1S/C15H32N2/c1-12(2)8-9-16-11-14(5)17-10-6-7-15(17)13(3)4/h12-16H,6-11H2,1-5H3. The average molecular weight is 240 g/mol. The van der Waals surface area contributed by atoms with Gasteiger partial charge in [-0.2, -0.15) is 0 Å².